The van der Waals surface area contributed by atoms with Crippen molar-refractivity contribution in [3.05, 3.63) is 18.7 Å². The summed E-state index contributed by atoms with van der Waals surface area (Å²) >= 11 is 0. The molecule has 0 saturated heterocycles. The molecule has 0 aliphatic heterocycles. The van der Waals surface area contributed by atoms with Gasteiger partial charge in [-0.2, -0.15) is 0 Å². The minimum atomic E-state index is 0.617. The topological polar surface area (TPSA) is 29.9 Å². The van der Waals surface area contributed by atoms with Crippen LogP contribution in [0.1, 0.15) is 39.2 Å². The Hall–Kier alpha value is -0.830. The number of hydrogen-bond donors (Lipinski definition) is 1. The number of aromatic nitrogens is 2. The molecule has 0 spiro atoms. The van der Waals surface area contributed by atoms with Gasteiger partial charge in [-0.05, 0) is 31.7 Å². The third-order valence-corrected chi connectivity index (χ3v) is 3.18. The van der Waals surface area contributed by atoms with Crippen molar-refractivity contribution < 1.29 is 0 Å². The fraction of sp³-hybridized carbons (Fsp3) is 0.750. The molecule has 15 heavy (non-hydrogen) atoms. The molecule has 2 rings (SSSR count). The molecule has 1 saturated carbocycles. The molecule has 1 aromatic rings. The molecule has 0 radical (unpaired) electrons. The van der Waals surface area contributed by atoms with E-state index in [2.05, 4.69) is 34.9 Å². The third kappa shape index (κ3) is 2.59. The van der Waals surface area contributed by atoms with Crippen LogP contribution in [-0.2, 0) is 0 Å². The lowest BCUT2D eigenvalue weighted by atomic mass is 10.1. The highest BCUT2D eigenvalue weighted by atomic mass is 15.1. The molecular weight excluding hydrogens is 186 g/mol. The summed E-state index contributed by atoms with van der Waals surface area (Å²) in [7, 11) is 0. The summed E-state index contributed by atoms with van der Waals surface area (Å²) in [5, 5.41) is 3.67. The summed E-state index contributed by atoms with van der Waals surface area (Å²) in [6, 6.07) is 1.26. The maximum absolute atomic E-state index is 4.13. The number of rotatable bonds is 4. The Kier molecular flexibility index (Phi) is 3.41. The van der Waals surface area contributed by atoms with E-state index < -0.39 is 0 Å². The predicted octanol–water partition coefficient (Wildman–Crippen LogP) is 2.22. The van der Waals surface area contributed by atoms with E-state index in [1.807, 2.05) is 12.5 Å². The first-order valence-corrected chi connectivity index (χ1v) is 5.98. The number of imidazole rings is 1. The van der Waals surface area contributed by atoms with E-state index in [0.717, 1.165) is 12.5 Å². The van der Waals surface area contributed by atoms with Crippen LogP contribution in [0.25, 0.3) is 0 Å². The van der Waals surface area contributed by atoms with Crippen molar-refractivity contribution in [2.24, 2.45) is 5.92 Å². The van der Waals surface area contributed by atoms with Crippen molar-refractivity contribution >= 4 is 0 Å². The second-order valence-corrected chi connectivity index (χ2v) is 4.92. The average Bonchev–Trinajstić information content (AvgIpc) is 2.85. The van der Waals surface area contributed by atoms with Crippen LogP contribution in [0.2, 0.25) is 0 Å². The molecule has 1 aliphatic carbocycles. The van der Waals surface area contributed by atoms with Gasteiger partial charge in [-0.25, -0.2) is 4.98 Å². The smallest absolute Gasteiger partial charge is 0.0949 e. The largest absolute Gasteiger partial charge is 0.333 e. The van der Waals surface area contributed by atoms with Crippen LogP contribution in [0.5, 0.6) is 0 Å². The van der Waals surface area contributed by atoms with Crippen LogP contribution in [0.15, 0.2) is 18.7 Å². The van der Waals surface area contributed by atoms with E-state index in [1.165, 1.54) is 19.3 Å². The monoisotopic (exact) mass is 207 g/mol. The van der Waals surface area contributed by atoms with Gasteiger partial charge in [-0.15, -0.1) is 0 Å². The van der Waals surface area contributed by atoms with E-state index in [0.29, 0.717) is 12.1 Å². The van der Waals surface area contributed by atoms with Gasteiger partial charge in [-0.1, -0.05) is 13.8 Å². The molecule has 1 N–H and O–H groups in total. The Balaban J connectivity index is 1.93. The summed E-state index contributed by atoms with van der Waals surface area (Å²) in [4.78, 5) is 4.13. The van der Waals surface area contributed by atoms with E-state index in [4.69, 9.17) is 0 Å². The maximum Gasteiger partial charge on any atom is 0.0949 e. The summed E-state index contributed by atoms with van der Waals surface area (Å²) < 4.78 is 2.25. The molecule has 0 aromatic carbocycles. The van der Waals surface area contributed by atoms with Crippen molar-refractivity contribution in [2.45, 2.75) is 45.2 Å². The van der Waals surface area contributed by atoms with Gasteiger partial charge in [-0.3, -0.25) is 0 Å². The molecule has 1 aliphatic rings. The molecule has 1 heterocycles. The Labute approximate surface area is 91.9 Å². The summed E-state index contributed by atoms with van der Waals surface area (Å²) in [5.41, 5.74) is 0. The Morgan fingerprint density at radius 1 is 1.47 bits per heavy atom. The van der Waals surface area contributed by atoms with Crippen LogP contribution < -0.4 is 5.32 Å². The quantitative estimate of drug-likeness (QED) is 0.820. The van der Waals surface area contributed by atoms with Crippen molar-refractivity contribution in [3.63, 3.8) is 0 Å². The lowest BCUT2D eigenvalue weighted by molar-refractivity contribution is 0.374. The van der Waals surface area contributed by atoms with E-state index in [-0.39, 0.29) is 0 Å². The molecular formula is C12H21N3. The fourth-order valence-corrected chi connectivity index (χ4v) is 2.39. The average molecular weight is 207 g/mol. The van der Waals surface area contributed by atoms with Gasteiger partial charge in [0.1, 0.15) is 0 Å². The zero-order chi connectivity index (χ0) is 10.7. The second-order valence-electron chi connectivity index (χ2n) is 4.92. The minimum Gasteiger partial charge on any atom is -0.333 e. The molecule has 0 amide bonds. The lowest BCUT2D eigenvalue weighted by Crippen LogP contribution is -2.35. The van der Waals surface area contributed by atoms with Crippen molar-refractivity contribution in [3.8, 4) is 0 Å². The highest BCUT2D eigenvalue weighted by Crippen LogP contribution is 2.29. The van der Waals surface area contributed by atoms with E-state index in [9.17, 15) is 0 Å². The molecule has 84 valence electrons. The van der Waals surface area contributed by atoms with Gasteiger partial charge in [0.15, 0.2) is 0 Å². The first-order valence-electron chi connectivity index (χ1n) is 5.98. The SMILES string of the molecule is CC(C)CNC1CCCC1n1ccnc1. The normalized spacial score (nSPS) is 26.3. The van der Waals surface area contributed by atoms with E-state index in [1.54, 1.807) is 0 Å². The second kappa shape index (κ2) is 4.79. The molecule has 2 unspecified atom stereocenters. The van der Waals surface area contributed by atoms with Crippen LogP contribution in [0, 0.1) is 5.92 Å². The Bertz CT molecular complexity index is 279. The van der Waals surface area contributed by atoms with Crippen molar-refractivity contribution in [2.75, 3.05) is 6.54 Å². The summed E-state index contributed by atoms with van der Waals surface area (Å²) in [5.74, 6) is 0.731. The van der Waals surface area contributed by atoms with Crippen LogP contribution in [0.4, 0.5) is 0 Å². The van der Waals surface area contributed by atoms with Gasteiger partial charge in [0.05, 0.1) is 6.33 Å². The molecule has 3 nitrogen and oxygen atoms in total. The van der Waals surface area contributed by atoms with Crippen LogP contribution in [0.3, 0.4) is 0 Å². The van der Waals surface area contributed by atoms with E-state index >= 15 is 0 Å². The molecule has 3 heteroatoms. The number of nitrogens with one attached hydrogen (secondary N) is 1. The third-order valence-electron chi connectivity index (χ3n) is 3.18. The van der Waals surface area contributed by atoms with Crippen LogP contribution in [-0.4, -0.2) is 22.1 Å². The van der Waals surface area contributed by atoms with Crippen molar-refractivity contribution in [1.82, 2.24) is 14.9 Å². The van der Waals surface area contributed by atoms with Gasteiger partial charge in [0, 0.05) is 24.5 Å². The Morgan fingerprint density at radius 3 is 3.00 bits per heavy atom. The molecule has 2 atom stereocenters. The predicted molar refractivity (Wildman–Crippen MR) is 61.7 cm³/mol. The molecule has 0 bridgehead atoms. The standard InChI is InChI=1S/C12H21N3/c1-10(2)8-14-11-4-3-5-12(11)15-7-6-13-9-15/h6-7,9-12,14H,3-5,8H2,1-2H3. The fourth-order valence-electron chi connectivity index (χ4n) is 2.39. The molecule has 1 aromatic heterocycles. The maximum atomic E-state index is 4.13. The summed E-state index contributed by atoms with van der Waals surface area (Å²) in [6.07, 6.45) is 9.82. The zero-order valence-electron chi connectivity index (χ0n) is 9.69. The Morgan fingerprint density at radius 2 is 2.33 bits per heavy atom. The number of hydrogen-bond acceptors (Lipinski definition) is 2. The highest BCUT2D eigenvalue weighted by Gasteiger charge is 2.27. The zero-order valence-corrected chi connectivity index (χ0v) is 9.69. The van der Waals surface area contributed by atoms with Gasteiger partial charge >= 0.3 is 0 Å². The lowest BCUT2D eigenvalue weighted by Gasteiger charge is -2.23. The summed E-state index contributed by atoms with van der Waals surface area (Å²) in [6.45, 7) is 5.64. The first-order chi connectivity index (χ1) is 7.27. The van der Waals surface area contributed by atoms with Gasteiger partial charge in [0.25, 0.3) is 0 Å². The van der Waals surface area contributed by atoms with Gasteiger partial charge in [0.2, 0.25) is 0 Å². The van der Waals surface area contributed by atoms with Crippen molar-refractivity contribution in [1.29, 1.82) is 0 Å². The number of nitrogens with zero attached hydrogens (tertiary/aromatic N) is 2. The first kappa shape index (κ1) is 10.7. The van der Waals surface area contributed by atoms with Gasteiger partial charge < -0.3 is 9.88 Å². The van der Waals surface area contributed by atoms with Crippen LogP contribution >= 0.6 is 0 Å². The molecule has 1 fully saturated rings. The highest BCUT2D eigenvalue weighted by molar-refractivity contribution is 4.91. The minimum absolute atomic E-state index is 0.617.